The normalized spacial score (nSPS) is 10.7. The van der Waals surface area contributed by atoms with E-state index in [0.29, 0.717) is 18.4 Å². The fourth-order valence-corrected chi connectivity index (χ4v) is 2.28. The number of hydrogen-bond donors (Lipinski definition) is 1. The summed E-state index contributed by atoms with van der Waals surface area (Å²) in [7, 11) is 0. The molecule has 128 valence electrons. The fraction of sp³-hybridized carbons (Fsp3) is 0.167. The number of anilines is 1. The third-order valence-electron chi connectivity index (χ3n) is 3.65. The van der Waals surface area contributed by atoms with Crippen molar-refractivity contribution in [1.82, 2.24) is 10.2 Å². The molecule has 2 aromatic carbocycles. The Morgan fingerprint density at radius 3 is 2.48 bits per heavy atom. The summed E-state index contributed by atoms with van der Waals surface area (Å²) in [5.41, 5.74) is 1.91. The first-order valence-electron chi connectivity index (χ1n) is 7.71. The fourth-order valence-electron chi connectivity index (χ4n) is 2.28. The summed E-state index contributed by atoms with van der Waals surface area (Å²) < 4.78 is 31.8. The molecule has 7 heteroatoms. The van der Waals surface area contributed by atoms with E-state index >= 15 is 0 Å². The Kier molecular flexibility index (Phi) is 4.83. The van der Waals surface area contributed by atoms with Crippen molar-refractivity contribution in [3.63, 3.8) is 0 Å². The van der Waals surface area contributed by atoms with Gasteiger partial charge < -0.3 is 4.42 Å². The number of benzene rings is 2. The monoisotopic (exact) mass is 343 g/mol. The first-order chi connectivity index (χ1) is 12.0. The molecule has 1 aromatic heterocycles. The van der Waals surface area contributed by atoms with Crippen LogP contribution >= 0.6 is 0 Å². The minimum atomic E-state index is -0.965. The summed E-state index contributed by atoms with van der Waals surface area (Å²) in [6, 6.07) is 10.5. The number of hydrogen-bond acceptors (Lipinski definition) is 4. The molecule has 5 nitrogen and oxygen atoms in total. The van der Waals surface area contributed by atoms with Gasteiger partial charge in [-0.3, -0.25) is 10.1 Å². The molecule has 0 bridgehead atoms. The van der Waals surface area contributed by atoms with Crippen LogP contribution in [0.1, 0.15) is 34.3 Å². The van der Waals surface area contributed by atoms with Crippen molar-refractivity contribution in [3.8, 4) is 0 Å². The number of carbonyl (C=O) groups is 1. The van der Waals surface area contributed by atoms with E-state index in [1.165, 1.54) is 5.56 Å². The summed E-state index contributed by atoms with van der Waals surface area (Å²) >= 11 is 0. The molecule has 1 amide bonds. The molecular weight excluding hydrogens is 328 g/mol. The SMILES string of the molecule is CCc1ccc(Cc2nnc(NC(=O)c3ccc(F)cc3F)o2)cc1. The van der Waals surface area contributed by atoms with Gasteiger partial charge >= 0.3 is 6.01 Å². The Morgan fingerprint density at radius 2 is 1.80 bits per heavy atom. The zero-order chi connectivity index (χ0) is 17.8. The zero-order valence-electron chi connectivity index (χ0n) is 13.4. The molecule has 0 saturated heterocycles. The summed E-state index contributed by atoms with van der Waals surface area (Å²) in [6.45, 7) is 2.08. The third-order valence-corrected chi connectivity index (χ3v) is 3.65. The molecule has 0 atom stereocenters. The van der Waals surface area contributed by atoms with Crippen LogP contribution in [0.4, 0.5) is 14.8 Å². The average Bonchev–Trinajstić information content (AvgIpc) is 3.02. The topological polar surface area (TPSA) is 68.0 Å². The van der Waals surface area contributed by atoms with Gasteiger partial charge in [0, 0.05) is 6.07 Å². The number of aryl methyl sites for hydroxylation is 1. The van der Waals surface area contributed by atoms with Crippen molar-refractivity contribution in [2.24, 2.45) is 0 Å². The Balaban J connectivity index is 1.67. The maximum atomic E-state index is 13.6. The standard InChI is InChI=1S/C18H15F2N3O2/c1-2-11-3-5-12(6-4-11)9-16-22-23-18(25-16)21-17(24)14-8-7-13(19)10-15(14)20/h3-8,10H,2,9H2,1H3,(H,21,23,24). The van der Waals surface area contributed by atoms with E-state index in [-0.39, 0.29) is 11.6 Å². The quantitative estimate of drug-likeness (QED) is 0.766. The van der Waals surface area contributed by atoms with Crippen molar-refractivity contribution in [2.75, 3.05) is 5.32 Å². The molecule has 0 unspecified atom stereocenters. The minimum Gasteiger partial charge on any atom is -0.407 e. The molecule has 0 saturated carbocycles. The number of rotatable bonds is 5. The Bertz CT molecular complexity index is 892. The molecule has 0 aliphatic carbocycles. The van der Waals surface area contributed by atoms with Gasteiger partial charge in [-0.1, -0.05) is 36.3 Å². The molecule has 3 aromatic rings. The van der Waals surface area contributed by atoms with Gasteiger partial charge in [0.15, 0.2) is 0 Å². The van der Waals surface area contributed by atoms with E-state index < -0.39 is 17.5 Å². The lowest BCUT2D eigenvalue weighted by molar-refractivity contribution is 0.102. The number of amides is 1. The van der Waals surface area contributed by atoms with Gasteiger partial charge in [0.25, 0.3) is 5.91 Å². The average molecular weight is 343 g/mol. The maximum Gasteiger partial charge on any atom is 0.322 e. The van der Waals surface area contributed by atoms with E-state index in [0.717, 1.165) is 24.1 Å². The first kappa shape index (κ1) is 16.8. The highest BCUT2D eigenvalue weighted by molar-refractivity contribution is 6.03. The van der Waals surface area contributed by atoms with Crippen molar-refractivity contribution < 1.29 is 18.0 Å². The molecular formula is C18H15F2N3O2. The van der Waals surface area contributed by atoms with E-state index in [4.69, 9.17) is 4.42 Å². The molecule has 0 aliphatic rings. The molecule has 0 radical (unpaired) electrons. The van der Waals surface area contributed by atoms with Gasteiger partial charge in [0.1, 0.15) is 11.6 Å². The Hall–Kier alpha value is -3.09. The summed E-state index contributed by atoms with van der Waals surface area (Å²) in [5.74, 6) is -2.20. The Labute approximate surface area is 142 Å². The number of carbonyl (C=O) groups excluding carboxylic acids is 1. The highest BCUT2D eigenvalue weighted by Crippen LogP contribution is 2.15. The molecule has 0 fully saturated rings. The highest BCUT2D eigenvalue weighted by Gasteiger charge is 2.16. The second-order valence-corrected chi connectivity index (χ2v) is 5.43. The van der Waals surface area contributed by atoms with Gasteiger partial charge in [0.2, 0.25) is 5.89 Å². The molecule has 3 rings (SSSR count). The predicted octanol–water partition coefficient (Wildman–Crippen LogP) is 3.75. The van der Waals surface area contributed by atoms with Crippen molar-refractivity contribution in [2.45, 2.75) is 19.8 Å². The molecule has 1 heterocycles. The summed E-state index contributed by atoms with van der Waals surface area (Å²) in [5, 5.41) is 9.87. The molecule has 0 aliphatic heterocycles. The van der Waals surface area contributed by atoms with Crippen LogP contribution in [0.3, 0.4) is 0 Å². The van der Waals surface area contributed by atoms with Crippen LogP contribution < -0.4 is 5.32 Å². The van der Waals surface area contributed by atoms with Gasteiger partial charge in [-0.25, -0.2) is 8.78 Å². The first-order valence-corrected chi connectivity index (χ1v) is 7.71. The van der Waals surface area contributed by atoms with Crippen molar-refractivity contribution >= 4 is 11.9 Å². The summed E-state index contributed by atoms with van der Waals surface area (Å²) in [6.07, 6.45) is 1.37. The van der Waals surface area contributed by atoms with Crippen molar-refractivity contribution in [3.05, 3.63) is 76.7 Å². The second-order valence-electron chi connectivity index (χ2n) is 5.43. The van der Waals surface area contributed by atoms with Crippen LogP contribution in [0.2, 0.25) is 0 Å². The highest BCUT2D eigenvalue weighted by atomic mass is 19.1. The third kappa shape index (κ3) is 4.06. The lowest BCUT2D eigenvalue weighted by Crippen LogP contribution is -2.14. The van der Waals surface area contributed by atoms with Gasteiger partial charge in [-0.2, -0.15) is 0 Å². The lowest BCUT2D eigenvalue weighted by Gasteiger charge is -2.02. The van der Waals surface area contributed by atoms with Crippen LogP contribution in [0.25, 0.3) is 0 Å². The molecule has 1 N–H and O–H groups in total. The van der Waals surface area contributed by atoms with E-state index in [9.17, 15) is 13.6 Å². The van der Waals surface area contributed by atoms with Crippen LogP contribution in [0.15, 0.2) is 46.9 Å². The molecule has 0 spiro atoms. The molecule has 25 heavy (non-hydrogen) atoms. The smallest absolute Gasteiger partial charge is 0.322 e. The van der Waals surface area contributed by atoms with Crippen LogP contribution in [-0.2, 0) is 12.8 Å². The number of aromatic nitrogens is 2. The Morgan fingerprint density at radius 1 is 1.08 bits per heavy atom. The number of nitrogens with zero attached hydrogens (tertiary/aromatic N) is 2. The van der Waals surface area contributed by atoms with E-state index in [1.54, 1.807) is 0 Å². The zero-order valence-corrected chi connectivity index (χ0v) is 13.4. The van der Waals surface area contributed by atoms with Gasteiger partial charge in [-0.15, -0.1) is 5.10 Å². The summed E-state index contributed by atoms with van der Waals surface area (Å²) in [4.78, 5) is 12.0. The van der Waals surface area contributed by atoms with E-state index in [1.807, 2.05) is 24.3 Å². The number of nitrogens with one attached hydrogen (secondary N) is 1. The lowest BCUT2D eigenvalue weighted by atomic mass is 10.1. The predicted molar refractivity (Wildman–Crippen MR) is 87.2 cm³/mol. The van der Waals surface area contributed by atoms with Crippen LogP contribution in [0.5, 0.6) is 0 Å². The van der Waals surface area contributed by atoms with Gasteiger partial charge in [-0.05, 0) is 29.7 Å². The second kappa shape index (κ2) is 7.21. The largest absolute Gasteiger partial charge is 0.407 e. The van der Waals surface area contributed by atoms with E-state index in [2.05, 4.69) is 22.4 Å². The van der Waals surface area contributed by atoms with Crippen molar-refractivity contribution in [1.29, 1.82) is 0 Å². The van der Waals surface area contributed by atoms with Crippen LogP contribution in [-0.4, -0.2) is 16.1 Å². The minimum absolute atomic E-state index is 0.145. The van der Waals surface area contributed by atoms with Gasteiger partial charge in [0.05, 0.1) is 12.0 Å². The maximum absolute atomic E-state index is 13.6. The number of halogens is 2. The van der Waals surface area contributed by atoms with Crippen LogP contribution in [0, 0.1) is 11.6 Å².